The largest absolute Gasteiger partial charge is 0.393 e. The topological polar surface area (TPSA) is 65.5 Å². The minimum Gasteiger partial charge on any atom is -0.393 e. The second-order valence-electron chi connectivity index (χ2n) is 6.21. The third kappa shape index (κ3) is 4.68. The lowest BCUT2D eigenvalue weighted by molar-refractivity contribution is 0.129. The number of urea groups is 1. The first kappa shape index (κ1) is 16.2. The lowest BCUT2D eigenvalue weighted by Crippen LogP contribution is -2.38. The molecule has 0 bridgehead atoms. The highest BCUT2D eigenvalue weighted by atomic mass is 32.1. The van der Waals surface area contributed by atoms with Crippen LogP contribution in [0.5, 0.6) is 0 Å². The van der Waals surface area contributed by atoms with Gasteiger partial charge in [0.2, 0.25) is 0 Å². The normalized spacial score (nSPS) is 20.0. The Morgan fingerprint density at radius 2 is 2.33 bits per heavy atom. The maximum Gasteiger partial charge on any atom is 0.317 e. The van der Waals surface area contributed by atoms with Gasteiger partial charge >= 0.3 is 6.03 Å². The Balaban J connectivity index is 1.78. The van der Waals surface area contributed by atoms with E-state index in [4.69, 9.17) is 0 Å². The number of hydrogen-bond donors (Lipinski definition) is 2. The van der Waals surface area contributed by atoms with Crippen LogP contribution in [0.2, 0.25) is 0 Å². The van der Waals surface area contributed by atoms with E-state index >= 15 is 0 Å². The molecule has 1 aliphatic heterocycles. The zero-order chi connectivity index (χ0) is 15.4. The number of amides is 2. The first-order chi connectivity index (χ1) is 9.95. The molecule has 5 nitrogen and oxygen atoms in total. The van der Waals surface area contributed by atoms with Crippen LogP contribution in [0.4, 0.5) is 4.79 Å². The van der Waals surface area contributed by atoms with Crippen molar-refractivity contribution < 1.29 is 9.90 Å². The van der Waals surface area contributed by atoms with E-state index in [1.165, 1.54) is 0 Å². The molecular formula is C15H25N3O2S. The van der Waals surface area contributed by atoms with E-state index in [-0.39, 0.29) is 18.1 Å². The molecule has 21 heavy (non-hydrogen) atoms. The number of carbonyl (C=O) groups is 1. The Bertz CT molecular complexity index is 473. The molecule has 1 aromatic rings. The quantitative estimate of drug-likeness (QED) is 0.876. The SMILES string of the molecule is CC(C)Cc1ncc(CNC(=O)N2CC[C@@H]([C@H](C)O)C2)s1. The number of thiazole rings is 1. The van der Waals surface area contributed by atoms with Crippen molar-refractivity contribution in [3.8, 4) is 0 Å². The van der Waals surface area contributed by atoms with Crippen LogP contribution in [0, 0.1) is 11.8 Å². The number of aliphatic hydroxyl groups is 1. The molecule has 1 aliphatic rings. The highest BCUT2D eigenvalue weighted by Gasteiger charge is 2.28. The number of carbonyl (C=O) groups excluding carboxylic acids is 1. The van der Waals surface area contributed by atoms with E-state index in [0.717, 1.165) is 29.3 Å². The first-order valence-corrected chi connectivity index (χ1v) is 8.41. The van der Waals surface area contributed by atoms with Crippen molar-refractivity contribution in [3.05, 3.63) is 16.1 Å². The van der Waals surface area contributed by atoms with Gasteiger partial charge in [0.1, 0.15) is 0 Å². The molecule has 2 amide bonds. The predicted octanol–water partition coefficient (Wildman–Crippen LogP) is 2.25. The Morgan fingerprint density at radius 3 is 2.95 bits per heavy atom. The third-order valence-corrected chi connectivity index (χ3v) is 4.81. The molecule has 0 aliphatic carbocycles. The predicted molar refractivity (Wildman–Crippen MR) is 84.3 cm³/mol. The molecule has 0 saturated carbocycles. The van der Waals surface area contributed by atoms with Crippen molar-refractivity contribution in [2.24, 2.45) is 11.8 Å². The van der Waals surface area contributed by atoms with Crippen LogP contribution in [0.1, 0.15) is 37.1 Å². The van der Waals surface area contributed by atoms with Crippen LogP contribution < -0.4 is 5.32 Å². The number of aromatic nitrogens is 1. The molecule has 2 atom stereocenters. The minimum atomic E-state index is -0.345. The minimum absolute atomic E-state index is 0.0445. The van der Waals surface area contributed by atoms with Gasteiger partial charge in [-0.1, -0.05) is 13.8 Å². The van der Waals surface area contributed by atoms with Crippen LogP contribution >= 0.6 is 11.3 Å². The summed E-state index contributed by atoms with van der Waals surface area (Å²) in [4.78, 5) is 19.3. The summed E-state index contributed by atoms with van der Waals surface area (Å²) in [6, 6.07) is -0.0445. The Kier molecular flexibility index (Phi) is 5.58. The molecule has 2 rings (SSSR count). The van der Waals surface area contributed by atoms with E-state index in [0.29, 0.717) is 19.0 Å². The number of hydrogen-bond acceptors (Lipinski definition) is 4. The number of nitrogens with one attached hydrogen (secondary N) is 1. The molecule has 1 aromatic heterocycles. The third-order valence-electron chi connectivity index (χ3n) is 3.79. The summed E-state index contributed by atoms with van der Waals surface area (Å²) in [6.07, 6.45) is 3.37. The summed E-state index contributed by atoms with van der Waals surface area (Å²) in [5, 5.41) is 13.6. The van der Waals surface area contributed by atoms with Crippen LogP contribution in [0.3, 0.4) is 0 Å². The fourth-order valence-corrected chi connectivity index (χ4v) is 3.59. The van der Waals surface area contributed by atoms with Crippen molar-refractivity contribution in [2.45, 2.75) is 46.3 Å². The van der Waals surface area contributed by atoms with E-state index in [1.54, 1.807) is 23.2 Å². The molecule has 1 saturated heterocycles. The average Bonchev–Trinajstić information content (AvgIpc) is 3.04. The van der Waals surface area contributed by atoms with E-state index < -0.39 is 0 Å². The number of aliphatic hydroxyl groups excluding tert-OH is 1. The van der Waals surface area contributed by atoms with E-state index in [9.17, 15) is 9.90 Å². The van der Waals surface area contributed by atoms with Gasteiger partial charge in [-0.2, -0.15) is 0 Å². The molecule has 0 radical (unpaired) electrons. The Hall–Kier alpha value is -1.14. The molecule has 0 spiro atoms. The van der Waals surface area contributed by atoms with Crippen molar-refractivity contribution in [3.63, 3.8) is 0 Å². The van der Waals surface area contributed by atoms with Gasteiger partial charge in [0.05, 0.1) is 17.7 Å². The number of likely N-dealkylation sites (tertiary alicyclic amines) is 1. The Morgan fingerprint density at radius 1 is 1.57 bits per heavy atom. The van der Waals surface area contributed by atoms with Gasteiger partial charge in [0, 0.05) is 36.5 Å². The highest BCUT2D eigenvalue weighted by Crippen LogP contribution is 2.20. The van der Waals surface area contributed by atoms with Gasteiger partial charge in [-0.15, -0.1) is 11.3 Å². The standard InChI is InChI=1S/C15H25N3O2S/c1-10(2)6-14-16-7-13(21-14)8-17-15(20)18-5-4-12(9-18)11(3)19/h7,10-12,19H,4-6,8-9H2,1-3H3,(H,17,20)/t11-,12+/m0/s1. The van der Waals surface area contributed by atoms with Crippen LogP contribution in [-0.2, 0) is 13.0 Å². The number of rotatable bonds is 5. The van der Waals surface area contributed by atoms with Crippen molar-refractivity contribution in [2.75, 3.05) is 13.1 Å². The molecule has 2 heterocycles. The Labute approximate surface area is 130 Å². The van der Waals surface area contributed by atoms with Crippen molar-refractivity contribution in [1.82, 2.24) is 15.2 Å². The zero-order valence-corrected chi connectivity index (χ0v) is 13.8. The number of nitrogens with zero attached hydrogens (tertiary/aromatic N) is 2. The van der Waals surface area contributed by atoms with Crippen LogP contribution in [0.15, 0.2) is 6.20 Å². The summed E-state index contributed by atoms with van der Waals surface area (Å²) in [6.45, 7) is 8.04. The van der Waals surface area contributed by atoms with Gasteiger partial charge in [-0.05, 0) is 19.3 Å². The molecule has 0 unspecified atom stereocenters. The monoisotopic (exact) mass is 311 g/mol. The van der Waals surface area contributed by atoms with Crippen molar-refractivity contribution in [1.29, 1.82) is 0 Å². The van der Waals surface area contributed by atoms with Crippen molar-refractivity contribution >= 4 is 17.4 Å². The molecular weight excluding hydrogens is 286 g/mol. The second kappa shape index (κ2) is 7.22. The maximum absolute atomic E-state index is 12.1. The lowest BCUT2D eigenvalue weighted by atomic mass is 10.0. The van der Waals surface area contributed by atoms with Gasteiger partial charge in [0.15, 0.2) is 0 Å². The molecule has 1 fully saturated rings. The van der Waals surface area contributed by atoms with Gasteiger partial charge in [-0.25, -0.2) is 9.78 Å². The molecule has 2 N–H and O–H groups in total. The summed E-state index contributed by atoms with van der Waals surface area (Å²) in [5.74, 6) is 0.803. The smallest absolute Gasteiger partial charge is 0.317 e. The molecule has 0 aromatic carbocycles. The average molecular weight is 311 g/mol. The lowest BCUT2D eigenvalue weighted by Gasteiger charge is -2.18. The summed E-state index contributed by atoms with van der Waals surface area (Å²) in [5.41, 5.74) is 0. The molecule has 118 valence electrons. The summed E-state index contributed by atoms with van der Waals surface area (Å²) >= 11 is 1.67. The van der Waals surface area contributed by atoms with E-state index in [1.807, 2.05) is 6.20 Å². The highest BCUT2D eigenvalue weighted by molar-refractivity contribution is 7.11. The van der Waals surface area contributed by atoms with Gasteiger partial charge < -0.3 is 15.3 Å². The first-order valence-electron chi connectivity index (χ1n) is 7.60. The fraction of sp³-hybridized carbons (Fsp3) is 0.733. The fourth-order valence-electron chi connectivity index (χ4n) is 2.51. The van der Waals surface area contributed by atoms with E-state index in [2.05, 4.69) is 24.1 Å². The second-order valence-corrected chi connectivity index (χ2v) is 7.41. The zero-order valence-electron chi connectivity index (χ0n) is 13.0. The summed E-state index contributed by atoms with van der Waals surface area (Å²) in [7, 11) is 0. The molecule has 6 heteroatoms. The van der Waals surface area contributed by atoms with Crippen LogP contribution in [0.25, 0.3) is 0 Å². The van der Waals surface area contributed by atoms with Crippen LogP contribution in [-0.4, -0.2) is 40.2 Å². The van der Waals surface area contributed by atoms with Gasteiger partial charge in [-0.3, -0.25) is 0 Å². The summed E-state index contributed by atoms with van der Waals surface area (Å²) < 4.78 is 0. The van der Waals surface area contributed by atoms with Gasteiger partial charge in [0.25, 0.3) is 0 Å². The maximum atomic E-state index is 12.1.